The van der Waals surface area contributed by atoms with E-state index in [4.69, 9.17) is 33.7 Å². The van der Waals surface area contributed by atoms with Gasteiger partial charge in [0.05, 0.1) is 20.3 Å². The largest absolute Gasteiger partial charge is 0.510 e. The minimum absolute atomic E-state index is 0.0904. The van der Waals surface area contributed by atoms with E-state index in [0.29, 0.717) is 12.8 Å². The fourth-order valence-corrected chi connectivity index (χ4v) is 3.93. The maximum absolute atomic E-state index is 14.1. The number of hydrogen-bond acceptors (Lipinski definition) is 11. The van der Waals surface area contributed by atoms with Crippen LogP contribution in [0.4, 0.5) is 9.59 Å². The Hall–Kier alpha value is -2.57. The molecule has 222 valence electrons. The monoisotopic (exact) mass is 569 g/mol. The van der Waals surface area contributed by atoms with Gasteiger partial charge in [0.15, 0.2) is 0 Å². The van der Waals surface area contributed by atoms with E-state index in [1.165, 1.54) is 14.2 Å². The number of carbonyl (C=O) groups is 3. The summed E-state index contributed by atoms with van der Waals surface area (Å²) in [5, 5.41) is 0. The number of hydrogen-bond donors (Lipinski definition) is 1. The van der Waals surface area contributed by atoms with Crippen molar-refractivity contribution in [1.82, 2.24) is 4.90 Å². The second kappa shape index (κ2) is 15.7. The first kappa shape index (κ1) is 35.4. The number of guanidine groups is 1. The van der Waals surface area contributed by atoms with Crippen molar-refractivity contribution in [3.8, 4) is 0 Å². The molecule has 15 heteroatoms. The summed E-state index contributed by atoms with van der Waals surface area (Å²) in [6, 6.07) is 0. The predicted octanol–water partition coefficient (Wildman–Crippen LogP) is 4.42. The molecule has 0 aromatic rings. The van der Waals surface area contributed by atoms with Crippen LogP contribution in [0.3, 0.4) is 0 Å². The number of likely N-dealkylation sites (N-methyl/N-ethyl adjacent to an activating group) is 1. The Morgan fingerprint density at radius 1 is 0.868 bits per heavy atom. The number of esters is 1. The third-order valence-corrected chi connectivity index (χ3v) is 5.70. The molecule has 0 aliphatic heterocycles. The fraction of sp³-hybridized carbons (Fsp3) is 0.826. The lowest BCUT2D eigenvalue weighted by Gasteiger charge is -2.34. The lowest BCUT2D eigenvalue weighted by Crippen LogP contribution is -2.39. The zero-order chi connectivity index (χ0) is 29.7. The minimum Gasteiger partial charge on any atom is -0.468 e. The molecule has 0 aromatic carbocycles. The zero-order valence-corrected chi connectivity index (χ0v) is 25.0. The van der Waals surface area contributed by atoms with E-state index < -0.39 is 55.4 Å². The van der Waals surface area contributed by atoms with Crippen molar-refractivity contribution >= 4 is 32.0 Å². The predicted molar refractivity (Wildman–Crippen MR) is 138 cm³/mol. The molecule has 0 aromatic heterocycles. The number of methoxy groups -OCH3 is 1. The van der Waals surface area contributed by atoms with E-state index in [-0.39, 0.29) is 19.8 Å². The molecule has 0 radical (unpaired) electrons. The van der Waals surface area contributed by atoms with Gasteiger partial charge in [0.2, 0.25) is 18.5 Å². The van der Waals surface area contributed by atoms with Gasteiger partial charge in [-0.15, -0.1) is 4.76 Å². The molecule has 0 heterocycles. The summed E-state index contributed by atoms with van der Waals surface area (Å²) in [6.07, 6.45) is -4.05. The highest BCUT2D eigenvalue weighted by Gasteiger charge is 2.44. The van der Waals surface area contributed by atoms with Crippen LogP contribution in [0.15, 0.2) is 4.76 Å². The maximum atomic E-state index is 14.1. The molecular weight excluding hydrogens is 525 g/mol. The second-order valence-corrected chi connectivity index (χ2v) is 12.0. The van der Waals surface area contributed by atoms with Crippen LogP contribution < -0.4 is 5.73 Å². The lowest BCUT2D eigenvalue weighted by atomic mass is 9.96. The van der Waals surface area contributed by atoms with Gasteiger partial charge >= 0.3 is 26.0 Å². The van der Waals surface area contributed by atoms with Crippen molar-refractivity contribution in [2.75, 3.05) is 33.9 Å². The lowest BCUT2D eigenvalue weighted by molar-refractivity contribution is -0.152. The molecule has 2 unspecified atom stereocenters. The molecule has 0 spiro atoms. The Balaban J connectivity index is 6.42. The smallest absolute Gasteiger partial charge is 0.468 e. The molecule has 0 aliphatic carbocycles. The SMILES string of the molecule is CCCOC(=O)OC(OP(=O)(/N=C(\N)N(C)CC(=O)OC)OC(OC(=O)OCCC)C(C)(C)C)C(C)(C)C. The molecule has 38 heavy (non-hydrogen) atoms. The van der Waals surface area contributed by atoms with Gasteiger partial charge in [0.1, 0.15) is 6.54 Å². The van der Waals surface area contributed by atoms with Gasteiger partial charge < -0.3 is 34.3 Å². The summed E-state index contributed by atoms with van der Waals surface area (Å²) in [5.41, 5.74) is 4.07. The standard InChI is InChI=1S/C23H44N3O11P/c1-11-13-32-20(28)34-17(22(3,4)5)36-38(30,25-19(24)26(9)15-16(27)31-10)37-18(23(6,7)8)35-21(29)33-14-12-2/h17-18H,11-15H2,1-10H3,(H2,24,25,30). The third-order valence-electron chi connectivity index (χ3n) is 4.34. The number of rotatable bonds is 13. The topological polar surface area (TPSA) is 175 Å². The van der Waals surface area contributed by atoms with Crippen LogP contribution in [-0.2, 0) is 42.1 Å². The van der Waals surface area contributed by atoms with Gasteiger partial charge in [-0.25, -0.2) is 23.2 Å². The van der Waals surface area contributed by atoms with Crippen molar-refractivity contribution in [3.63, 3.8) is 0 Å². The van der Waals surface area contributed by atoms with Gasteiger partial charge in [-0.3, -0.25) is 4.79 Å². The van der Waals surface area contributed by atoms with Crippen LogP contribution in [0.2, 0.25) is 0 Å². The molecule has 2 N–H and O–H groups in total. The van der Waals surface area contributed by atoms with Crippen LogP contribution in [0, 0.1) is 10.8 Å². The zero-order valence-electron chi connectivity index (χ0n) is 24.1. The Labute approximate surface area is 225 Å². The van der Waals surface area contributed by atoms with Gasteiger partial charge in [-0.1, -0.05) is 55.4 Å². The maximum Gasteiger partial charge on any atom is 0.510 e. The summed E-state index contributed by atoms with van der Waals surface area (Å²) in [6.45, 7) is 13.3. The average Bonchev–Trinajstić information content (AvgIpc) is 2.79. The molecule has 2 atom stereocenters. The highest BCUT2D eigenvalue weighted by Crippen LogP contribution is 2.56. The summed E-state index contributed by atoms with van der Waals surface area (Å²) in [7, 11) is -2.17. The Morgan fingerprint density at radius 2 is 1.26 bits per heavy atom. The first-order chi connectivity index (χ1) is 17.4. The first-order valence-corrected chi connectivity index (χ1v) is 13.6. The first-order valence-electron chi connectivity index (χ1n) is 12.2. The molecular formula is C23H44N3O11P. The minimum atomic E-state index is -4.75. The molecule has 14 nitrogen and oxygen atoms in total. The number of nitrogens with two attached hydrogens (primary N) is 1. The molecule has 0 saturated heterocycles. The van der Waals surface area contributed by atoms with Crippen LogP contribution in [0.5, 0.6) is 0 Å². The Morgan fingerprint density at radius 3 is 1.58 bits per heavy atom. The summed E-state index contributed by atoms with van der Waals surface area (Å²) in [5.74, 6) is -1.08. The van der Waals surface area contributed by atoms with Gasteiger partial charge in [0.25, 0.3) is 0 Å². The van der Waals surface area contributed by atoms with Gasteiger partial charge in [-0.2, -0.15) is 0 Å². The van der Waals surface area contributed by atoms with Crippen LogP contribution in [0.1, 0.15) is 68.2 Å². The van der Waals surface area contributed by atoms with Crippen molar-refractivity contribution in [2.24, 2.45) is 21.3 Å². The summed E-state index contributed by atoms with van der Waals surface area (Å²) < 4.78 is 54.4. The molecule has 0 fully saturated rings. The quantitative estimate of drug-likeness (QED) is 0.0825. The number of nitrogens with zero attached hydrogens (tertiary/aromatic N) is 2. The Kier molecular flexibility index (Phi) is 14.7. The summed E-state index contributed by atoms with van der Waals surface area (Å²) >= 11 is 0. The normalized spacial score (nSPS) is 15.5. The molecule has 0 saturated carbocycles. The highest BCUT2D eigenvalue weighted by molar-refractivity contribution is 7.52. The number of ether oxygens (including phenoxy) is 5. The van der Waals surface area contributed by atoms with Crippen molar-refractivity contribution < 1.29 is 51.7 Å². The number of carbonyl (C=O) groups excluding carboxylic acids is 3. The van der Waals surface area contributed by atoms with E-state index in [1.807, 2.05) is 0 Å². The molecule has 0 amide bonds. The average molecular weight is 570 g/mol. The van der Waals surface area contributed by atoms with Gasteiger partial charge in [0, 0.05) is 17.9 Å². The molecule has 0 rings (SSSR count). The van der Waals surface area contributed by atoms with E-state index in [9.17, 15) is 18.9 Å². The fourth-order valence-electron chi connectivity index (χ4n) is 2.18. The van der Waals surface area contributed by atoms with Crippen molar-refractivity contribution in [3.05, 3.63) is 0 Å². The third kappa shape index (κ3) is 13.8. The van der Waals surface area contributed by atoms with Gasteiger partial charge in [-0.05, 0) is 12.8 Å². The second-order valence-electron chi connectivity index (χ2n) is 10.4. The van der Waals surface area contributed by atoms with E-state index in [0.717, 1.165) is 4.90 Å². The Bertz CT molecular complexity index is 807. The summed E-state index contributed by atoms with van der Waals surface area (Å²) in [4.78, 5) is 37.2. The van der Waals surface area contributed by atoms with Crippen LogP contribution in [-0.4, -0.2) is 75.6 Å². The molecule has 0 bridgehead atoms. The van der Waals surface area contributed by atoms with E-state index >= 15 is 0 Å². The molecule has 0 aliphatic rings. The van der Waals surface area contributed by atoms with Crippen molar-refractivity contribution in [2.45, 2.75) is 80.8 Å². The van der Waals surface area contributed by atoms with E-state index in [2.05, 4.69) is 9.50 Å². The van der Waals surface area contributed by atoms with Crippen LogP contribution >= 0.6 is 7.75 Å². The van der Waals surface area contributed by atoms with Crippen LogP contribution in [0.25, 0.3) is 0 Å². The van der Waals surface area contributed by atoms with E-state index in [1.54, 1.807) is 55.4 Å². The highest BCUT2D eigenvalue weighted by atomic mass is 31.2. The van der Waals surface area contributed by atoms with Crippen molar-refractivity contribution in [1.29, 1.82) is 0 Å².